The van der Waals surface area contributed by atoms with Crippen LogP contribution in [0.4, 0.5) is 5.82 Å². The summed E-state index contributed by atoms with van der Waals surface area (Å²) >= 11 is 1.76. The minimum Gasteiger partial charge on any atom is -0.366 e. The van der Waals surface area contributed by atoms with Crippen LogP contribution in [0.15, 0.2) is 23.7 Å². The summed E-state index contributed by atoms with van der Waals surface area (Å²) in [6.07, 6.45) is 5.62. The Kier molecular flexibility index (Phi) is 2.99. The second kappa shape index (κ2) is 4.63. The molecule has 2 unspecified atom stereocenters. The van der Waals surface area contributed by atoms with Gasteiger partial charge in [0.1, 0.15) is 5.82 Å². The quantitative estimate of drug-likeness (QED) is 0.877. The average molecular weight is 247 g/mol. The number of nitrogens with two attached hydrogens (primary N) is 1. The van der Waals surface area contributed by atoms with Crippen LogP contribution in [0.5, 0.6) is 0 Å². The van der Waals surface area contributed by atoms with Gasteiger partial charge in [-0.25, -0.2) is 4.98 Å². The molecule has 1 aliphatic carbocycles. The van der Waals surface area contributed by atoms with Crippen LogP contribution in [0.25, 0.3) is 10.1 Å². The van der Waals surface area contributed by atoms with E-state index in [0.29, 0.717) is 12.0 Å². The van der Waals surface area contributed by atoms with E-state index in [1.165, 1.54) is 29.3 Å². The standard InChI is InChI=1S/C13H17N3S/c14-8-9-2-1-3-11(9)16-13-10-5-7-17-12(10)4-6-15-13/h4-7,9,11H,1-3,8,14H2,(H,15,16). The van der Waals surface area contributed by atoms with Crippen molar-refractivity contribution in [2.45, 2.75) is 25.3 Å². The van der Waals surface area contributed by atoms with Gasteiger partial charge in [0.05, 0.1) is 0 Å². The monoisotopic (exact) mass is 247 g/mol. The maximum Gasteiger partial charge on any atom is 0.134 e. The van der Waals surface area contributed by atoms with Crippen LogP contribution in [-0.2, 0) is 0 Å². The first-order chi connectivity index (χ1) is 8.38. The number of pyridine rings is 1. The number of aromatic nitrogens is 1. The lowest BCUT2D eigenvalue weighted by Crippen LogP contribution is -2.29. The number of nitrogens with one attached hydrogen (secondary N) is 1. The molecule has 0 spiro atoms. The van der Waals surface area contributed by atoms with Crippen molar-refractivity contribution >= 4 is 27.2 Å². The number of rotatable bonds is 3. The highest BCUT2D eigenvalue weighted by Crippen LogP contribution is 2.31. The first kappa shape index (κ1) is 11.0. The van der Waals surface area contributed by atoms with Gasteiger partial charge < -0.3 is 11.1 Å². The zero-order valence-corrected chi connectivity index (χ0v) is 10.5. The number of anilines is 1. The van der Waals surface area contributed by atoms with E-state index in [4.69, 9.17) is 5.73 Å². The molecule has 90 valence electrons. The zero-order chi connectivity index (χ0) is 11.7. The molecule has 3 rings (SSSR count). The van der Waals surface area contributed by atoms with Gasteiger partial charge in [-0.1, -0.05) is 6.42 Å². The van der Waals surface area contributed by atoms with E-state index < -0.39 is 0 Å². The number of hydrogen-bond donors (Lipinski definition) is 2. The first-order valence-corrected chi connectivity index (χ1v) is 7.05. The predicted octanol–water partition coefficient (Wildman–Crippen LogP) is 2.84. The van der Waals surface area contributed by atoms with E-state index in [2.05, 4.69) is 27.8 Å². The van der Waals surface area contributed by atoms with Gasteiger partial charge >= 0.3 is 0 Å². The van der Waals surface area contributed by atoms with Gasteiger partial charge in [-0.05, 0) is 42.8 Å². The Balaban J connectivity index is 1.87. The Morgan fingerprint density at radius 2 is 2.35 bits per heavy atom. The molecule has 0 bridgehead atoms. The van der Waals surface area contributed by atoms with Crippen LogP contribution in [0, 0.1) is 5.92 Å². The summed E-state index contributed by atoms with van der Waals surface area (Å²) in [6, 6.07) is 4.71. The highest BCUT2D eigenvalue weighted by atomic mass is 32.1. The molecule has 1 aliphatic rings. The smallest absolute Gasteiger partial charge is 0.134 e. The fourth-order valence-electron chi connectivity index (χ4n) is 2.69. The summed E-state index contributed by atoms with van der Waals surface area (Å²) in [5.74, 6) is 1.62. The SMILES string of the molecule is NCC1CCCC1Nc1nccc2sccc12. The molecule has 0 saturated heterocycles. The lowest BCUT2D eigenvalue weighted by molar-refractivity contribution is 0.516. The summed E-state index contributed by atoms with van der Waals surface area (Å²) in [4.78, 5) is 4.47. The largest absolute Gasteiger partial charge is 0.366 e. The van der Waals surface area contributed by atoms with E-state index in [-0.39, 0.29) is 0 Å². The van der Waals surface area contributed by atoms with Crippen LogP contribution >= 0.6 is 11.3 Å². The van der Waals surface area contributed by atoms with Crippen molar-refractivity contribution in [1.82, 2.24) is 4.98 Å². The van der Waals surface area contributed by atoms with E-state index >= 15 is 0 Å². The molecule has 2 heterocycles. The van der Waals surface area contributed by atoms with Crippen LogP contribution in [0.1, 0.15) is 19.3 Å². The molecule has 3 N–H and O–H groups in total. The Morgan fingerprint density at radius 3 is 3.24 bits per heavy atom. The highest BCUT2D eigenvalue weighted by molar-refractivity contribution is 7.17. The highest BCUT2D eigenvalue weighted by Gasteiger charge is 2.26. The van der Waals surface area contributed by atoms with Crippen LogP contribution < -0.4 is 11.1 Å². The molecule has 4 heteroatoms. The van der Waals surface area contributed by atoms with Crippen molar-refractivity contribution < 1.29 is 0 Å². The van der Waals surface area contributed by atoms with Crippen molar-refractivity contribution in [3.05, 3.63) is 23.7 Å². The molecule has 0 radical (unpaired) electrons. The van der Waals surface area contributed by atoms with Crippen molar-refractivity contribution in [2.24, 2.45) is 11.7 Å². The average Bonchev–Trinajstić information content (AvgIpc) is 2.97. The number of nitrogens with zero attached hydrogens (tertiary/aromatic N) is 1. The molecule has 1 fully saturated rings. The summed E-state index contributed by atoms with van der Waals surface area (Å²) in [5.41, 5.74) is 5.81. The number of hydrogen-bond acceptors (Lipinski definition) is 4. The van der Waals surface area contributed by atoms with Gasteiger partial charge in [-0.15, -0.1) is 11.3 Å². The lowest BCUT2D eigenvalue weighted by Gasteiger charge is -2.20. The van der Waals surface area contributed by atoms with E-state index in [1.807, 2.05) is 6.20 Å². The zero-order valence-electron chi connectivity index (χ0n) is 9.73. The van der Waals surface area contributed by atoms with Gasteiger partial charge in [0, 0.05) is 22.3 Å². The number of thiophene rings is 1. The third kappa shape index (κ3) is 2.03. The van der Waals surface area contributed by atoms with Crippen molar-refractivity contribution in [2.75, 3.05) is 11.9 Å². The Bertz CT molecular complexity index is 508. The molecule has 2 atom stereocenters. The van der Waals surface area contributed by atoms with Gasteiger partial charge in [-0.3, -0.25) is 0 Å². The maximum atomic E-state index is 5.81. The molecular formula is C13H17N3S. The molecule has 17 heavy (non-hydrogen) atoms. The van der Waals surface area contributed by atoms with E-state index in [9.17, 15) is 0 Å². The number of fused-ring (bicyclic) bond motifs is 1. The maximum absolute atomic E-state index is 5.81. The second-order valence-electron chi connectivity index (χ2n) is 4.67. The fourth-order valence-corrected chi connectivity index (χ4v) is 3.48. The van der Waals surface area contributed by atoms with Gasteiger partial charge in [0.2, 0.25) is 0 Å². The Labute approximate surface area is 105 Å². The van der Waals surface area contributed by atoms with Crippen molar-refractivity contribution in [3.63, 3.8) is 0 Å². The van der Waals surface area contributed by atoms with Gasteiger partial charge in [0.25, 0.3) is 0 Å². The predicted molar refractivity (Wildman–Crippen MR) is 73.4 cm³/mol. The molecular weight excluding hydrogens is 230 g/mol. The molecule has 2 aromatic heterocycles. The molecule has 0 amide bonds. The van der Waals surface area contributed by atoms with Gasteiger partial charge in [0.15, 0.2) is 0 Å². The van der Waals surface area contributed by atoms with Gasteiger partial charge in [-0.2, -0.15) is 0 Å². The Morgan fingerprint density at radius 1 is 1.41 bits per heavy atom. The third-order valence-electron chi connectivity index (χ3n) is 3.66. The van der Waals surface area contributed by atoms with E-state index in [0.717, 1.165) is 12.4 Å². The molecule has 2 aromatic rings. The molecule has 0 aromatic carbocycles. The second-order valence-corrected chi connectivity index (χ2v) is 5.62. The fraction of sp³-hybridized carbons (Fsp3) is 0.462. The Hall–Kier alpha value is -1.13. The minimum atomic E-state index is 0.498. The molecule has 3 nitrogen and oxygen atoms in total. The van der Waals surface area contributed by atoms with Crippen LogP contribution in [-0.4, -0.2) is 17.6 Å². The van der Waals surface area contributed by atoms with Crippen LogP contribution in [0.3, 0.4) is 0 Å². The van der Waals surface area contributed by atoms with Crippen LogP contribution in [0.2, 0.25) is 0 Å². The van der Waals surface area contributed by atoms with E-state index in [1.54, 1.807) is 11.3 Å². The normalized spacial score (nSPS) is 24.3. The minimum absolute atomic E-state index is 0.498. The summed E-state index contributed by atoms with van der Waals surface area (Å²) in [5, 5.41) is 6.94. The van der Waals surface area contributed by atoms with Crippen molar-refractivity contribution in [1.29, 1.82) is 0 Å². The lowest BCUT2D eigenvalue weighted by atomic mass is 10.0. The molecule has 0 aliphatic heterocycles. The summed E-state index contributed by atoms with van der Waals surface area (Å²) in [6.45, 7) is 0.775. The first-order valence-electron chi connectivity index (χ1n) is 6.17. The summed E-state index contributed by atoms with van der Waals surface area (Å²) in [7, 11) is 0. The molecule has 1 saturated carbocycles. The topological polar surface area (TPSA) is 50.9 Å². The third-order valence-corrected chi connectivity index (χ3v) is 4.55. The van der Waals surface area contributed by atoms with Crippen molar-refractivity contribution in [3.8, 4) is 0 Å². The summed E-state index contributed by atoms with van der Waals surface area (Å²) < 4.78 is 1.30.